The number of fused-ring (bicyclic) bond motifs is 1. The number of para-hydroxylation sites is 1. The van der Waals surface area contributed by atoms with E-state index < -0.39 is 6.04 Å². The van der Waals surface area contributed by atoms with Crippen LogP contribution in [0.25, 0.3) is 16.6 Å². The summed E-state index contributed by atoms with van der Waals surface area (Å²) < 4.78 is 1.68. The molecule has 1 amide bonds. The number of nitrogens with zero attached hydrogens (tertiary/aromatic N) is 3. The largest absolute Gasteiger partial charge is 0.329 e. The van der Waals surface area contributed by atoms with Gasteiger partial charge in [0.2, 0.25) is 0 Å². The summed E-state index contributed by atoms with van der Waals surface area (Å²) in [6.45, 7) is 11.0. The highest BCUT2D eigenvalue weighted by Crippen LogP contribution is 2.26. The van der Waals surface area contributed by atoms with Gasteiger partial charge in [-0.3, -0.25) is 14.2 Å². The van der Waals surface area contributed by atoms with Crippen LogP contribution in [0.1, 0.15) is 67.5 Å². The van der Waals surface area contributed by atoms with Gasteiger partial charge in [-0.1, -0.05) is 62.7 Å². The maximum Gasteiger partial charge on any atom is 0.266 e. The highest BCUT2D eigenvalue weighted by Gasteiger charge is 2.27. The minimum atomic E-state index is -0.416. The third kappa shape index (κ3) is 5.25. The van der Waals surface area contributed by atoms with Gasteiger partial charge in [0.1, 0.15) is 5.82 Å². The molecule has 0 spiro atoms. The molecule has 0 saturated heterocycles. The molecule has 1 heterocycles. The Hall–Kier alpha value is -3.73. The summed E-state index contributed by atoms with van der Waals surface area (Å²) in [5.41, 5.74) is 4.20. The molecule has 4 rings (SSSR count). The Labute approximate surface area is 213 Å². The number of aromatic nitrogens is 2. The molecule has 0 radical (unpaired) electrons. The van der Waals surface area contributed by atoms with E-state index in [1.807, 2.05) is 91.5 Å². The second-order valence-electron chi connectivity index (χ2n) is 9.87. The van der Waals surface area contributed by atoms with Crippen LogP contribution in [0.5, 0.6) is 0 Å². The lowest BCUT2D eigenvalue weighted by Gasteiger charge is -2.31. The van der Waals surface area contributed by atoms with Crippen LogP contribution in [0.4, 0.5) is 0 Å². The Morgan fingerprint density at radius 3 is 2.25 bits per heavy atom. The second-order valence-corrected chi connectivity index (χ2v) is 9.87. The van der Waals surface area contributed by atoms with Gasteiger partial charge in [-0.25, -0.2) is 4.98 Å². The molecule has 4 aromatic rings. The molecule has 0 saturated carbocycles. The summed E-state index contributed by atoms with van der Waals surface area (Å²) in [4.78, 5) is 34.4. The Morgan fingerprint density at radius 2 is 1.61 bits per heavy atom. The van der Waals surface area contributed by atoms with Gasteiger partial charge < -0.3 is 4.90 Å². The molecule has 0 aliphatic rings. The number of benzene rings is 3. The normalized spacial score (nSPS) is 12.2. The van der Waals surface area contributed by atoms with Gasteiger partial charge in [0, 0.05) is 12.1 Å². The molecule has 0 fully saturated rings. The third-order valence-electron chi connectivity index (χ3n) is 6.75. The predicted octanol–water partition coefficient (Wildman–Crippen LogP) is 6.51. The zero-order valence-corrected chi connectivity index (χ0v) is 21.9. The van der Waals surface area contributed by atoms with Crippen LogP contribution in [-0.4, -0.2) is 26.9 Å². The van der Waals surface area contributed by atoms with Crippen molar-refractivity contribution in [1.82, 2.24) is 14.5 Å². The molecule has 186 valence electrons. The van der Waals surface area contributed by atoms with Crippen molar-refractivity contribution in [3.05, 3.63) is 106 Å². The van der Waals surface area contributed by atoms with Crippen LogP contribution >= 0.6 is 0 Å². The van der Waals surface area contributed by atoms with Gasteiger partial charge in [0.15, 0.2) is 0 Å². The summed E-state index contributed by atoms with van der Waals surface area (Å²) in [5, 5.41) is 0.562. The monoisotopic (exact) mass is 481 g/mol. The highest BCUT2D eigenvalue weighted by atomic mass is 16.2. The molecule has 5 nitrogen and oxygen atoms in total. The number of amides is 1. The van der Waals surface area contributed by atoms with Crippen LogP contribution < -0.4 is 5.56 Å². The van der Waals surface area contributed by atoms with E-state index in [1.165, 1.54) is 5.56 Å². The van der Waals surface area contributed by atoms with E-state index in [4.69, 9.17) is 4.98 Å². The number of rotatable bonds is 8. The van der Waals surface area contributed by atoms with Crippen molar-refractivity contribution in [3.63, 3.8) is 0 Å². The Bertz CT molecular complexity index is 1400. The molecule has 3 aromatic carbocycles. The first-order valence-corrected chi connectivity index (χ1v) is 12.8. The SMILES string of the molecule is CCc1ccc(-n2c(C(C)N(CCC(C)C)C(=O)c3ccc(C)cc3)nc3ccccc3c2=O)cc1. The highest BCUT2D eigenvalue weighted by molar-refractivity contribution is 5.94. The molecule has 0 bridgehead atoms. The predicted molar refractivity (Wildman–Crippen MR) is 147 cm³/mol. The molecule has 1 unspecified atom stereocenters. The number of hydrogen-bond acceptors (Lipinski definition) is 3. The molecular formula is C31H35N3O2. The van der Waals surface area contributed by atoms with E-state index >= 15 is 0 Å². The van der Waals surface area contributed by atoms with Gasteiger partial charge in [0.05, 0.1) is 22.6 Å². The Morgan fingerprint density at radius 1 is 0.944 bits per heavy atom. The lowest BCUT2D eigenvalue weighted by atomic mass is 10.1. The van der Waals surface area contributed by atoms with Gasteiger partial charge >= 0.3 is 0 Å². The average molecular weight is 482 g/mol. The van der Waals surface area contributed by atoms with Crippen molar-refractivity contribution in [2.45, 2.75) is 53.5 Å². The van der Waals surface area contributed by atoms with E-state index in [0.717, 1.165) is 24.1 Å². The van der Waals surface area contributed by atoms with Crippen LogP contribution in [0, 0.1) is 12.8 Å². The van der Waals surface area contributed by atoms with Crippen molar-refractivity contribution in [3.8, 4) is 5.69 Å². The molecule has 36 heavy (non-hydrogen) atoms. The second kappa shape index (κ2) is 10.9. The zero-order chi connectivity index (χ0) is 25.8. The molecule has 1 aromatic heterocycles. The van der Waals surface area contributed by atoms with Gasteiger partial charge in [-0.15, -0.1) is 0 Å². The lowest BCUT2D eigenvalue weighted by molar-refractivity contribution is 0.0671. The third-order valence-corrected chi connectivity index (χ3v) is 6.75. The average Bonchev–Trinajstić information content (AvgIpc) is 2.89. The van der Waals surface area contributed by atoms with E-state index in [2.05, 4.69) is 20.8 Å². The first-order chi connectivity index (χ1) is 17.3. The summed E-state index contributed by atoms with van der Waals surface area (Å²) in [7, 11) is 0. The zero-order valence-electron chi connectivity index (χ0n) is 21.9. The van der Waals surface area contributed by atoms with Gasteiger partial charge in [-0.2, -0.15) is 0 Å². The van der Waals surface area contributed by atoms with Crippen LogP contribution in [-0.2, 0) is 6.42 Å². The van der Waals surface area contributed by atoms with Crippen molar-refractivity contribution < 1.29 is 4.79 Å². The van der Waals surface area contributed by atoms with Crippen molar-refractivity contribution >= 4 is 16.8 Å². The number of hydrogen-bond donors (Lipinski definition) is 0. The van der Waals surface area contributed by atoms with Crippen LogP contribution in [0.3, 0.4) is 0 Å². The minimum absolute atomic E-state index is 0.0570. The summed E-state index contributed by atoms with van der Waals surface area (Å²) >= 11 is 0. The molecular weight excluding hydrogens is 446 g/mol. The fourth-order valence-corrected chi connectivity index (χ4v) is 4.43. The maximum atomic E-state index is 13.8. The fourth-order valence-electron chi connectivity index (χ4n) is 4.43. The molecule has 0 aliphatic heterocycles. The maximum absolute atomic E-state index is 13.8. The first-order valence-electron chi connectivity index (χ1n) is 12.8. The van der Waals surface area contributed by atoms with E-state index in [-0.39, 0.29) is 11.5 Å². The fraction of sp³-hybridized carbons (Fsp3) is 0.323. The van der Waals surface area contributed by atoms with Crippen molar-refractivity contribution in [1.29, 1.82) is 0 Å². The van der Waals surface area contributed by atoms with Gasteiger partial charge in [0.25, 0.3) is 11.5 Å². The minimum Gasteiger partial charge on any atom is -0.329 e. The van der Waals surface area contributed by atoms with E-state index in [0.29, 0.717) is 34.8 Å². The standard InChI is InChI=1S/C31H35N3O2/c1-6-24-13-17-26(18-14-24)34-29(32-28-10-8-7-9-27(28)31(34)36)23(5)33(20-19-21(2)3)30(35)25-15-11-22(4)12-16-25/h7-18,21,23H,6,19-20H2,1-5H3. The summed E-state index contributed by atoms with van der Waals surface area (Å²) in [6, 6.07) is 22.7. The number of aryl methyl sites for hydroxylation is 2. The van der Waals surface area contributed by atoms with E-state index in [9.17, 15) is 9.59 Å². The van der Waals surface area contributed by atoms with E-state index in [1.54, 1.807) is 4.57 Å². The summed E-state index contributed by atoms with van der Waals surface area (Å²) in [6.07, 6.45) is 1.77. The van der Waals surface area contributed by atoms with Crippen molar-refractivity contribution in [2.24, 2.45) is 5.92 Å². The molecule has 0 N–H and O–H groups in total. The molecule has 0 aliphatic carbocycles. The topological polar surface area (TPSA) is 55.2 Å². The number of carbonyl (C=O) groups is 1. The Kier molecular flexibility index (Phi) is 7.68. The number of carbonyl (C=O) groups excluding carboxylic acids is 1. The molecule has 1 atom stereocenters. The first kappa shape index (κ1) is 25.4. The molecule has 5 heteroatoms. The van der Waals surface area contributed by atoms with Crippen LogP contribution in [0.2, 0.25) is 0 Å². The van der Waals surface area contributed by atoms with Crippen LogP contribution in [0.15, 0.2) is 77.6 Å². The quantitative estimate of drug-likeness (QED) is 0.288. The summed E-state index contributed by atoms with van der Waals surface area (Å²) in [5.74, 6) is 0.935. The van der Waals surface area contributed by atoms with Crippen molar-refractivity contribution in [2.75, 3.05) is 6.54 Å². The smallest absolute Gasteiger partial charge is 0.266 e. The van der Waals surface area contributed by atoms with Gasteiger partial charge in [-0.05, 0) is 74.6 Å². The Balaban J connectivity index is 1.88. The lowest BCUT2D eigenvalue weighted by Crippen LogP contribution is -2.38.